The van der Waals surface area contributed by atoms with Gasteiger partial charge in [0.2, 0.25) is 0 Å². The predicted octanol–water partition coefficient (Wildman–Crippen LogP) is 1.31. The number of ether oxygens (including phenoxy) is 1. The van der Waals surface area contributed by atoms with Gasteiger partial charge in [0.25, 0.3) is 0 Å². The van der Waals surface area contributed by atoms with Crippen molar-refractivity contribution in [2.24, 2.45) is 5.73 Å². The standard InChI is InChI=1S/C11H13N3OS/c1-11(6-15-5-8(11)12)10-14-7-3-2-4-13-9(7)16-10/h2-4,8H,5-6,12H2,1H3. The molecule has 16 heavy (non-hydrogen) atoms. The molecule has 3 rings (SSSR count). The second-order valence-electron chi connectivity index (χ2n) is 4.39. The molecule has 1 fully saturated rings. The zero-order valence-corrected chi connectivity index (χ0v) is 9.83. The first-order valence-electron chi connectivity index (χ1n) is 5.25. The van der Waals surface area contributed by atoms with Crippen LogP contribution >= 0.6 is 11.3 Å². The van der Waals surface area contributed by atoms with Crippen LogP contribution < -0.4 is 5.73 Å². The first-order valence-corrected chi connectivity index (χ1v) is 6.07. The topological polar surface area (TPSA) is 61.0 Å². The lowest BCUT2D eigenvalue weighted by atomic mass is 9.87. The molecule has 0 aromatic carbocycles. The van der Waals surface area contributed by atoms with E-state index in [4.69, 9.17) is 10.5 Å². The van der Waals surface area contributed by atoms with Gasteiger partial charge in [-0.3, -0.25) is 0 Å². The van der Waals surface area contributed by atoms with Crippen LogP contribution in [-0.4, -0.2) is 29.2 Å². The molecule has 3 heterocycles. The van der Waals surface area contributed by atoms with Gasteiger partial charge in [-0.2, -0.15) is 0 Å². The highest BCUT2D eigenvalue weighted by Gasteiger charge is 2.41. The molecule has 0 saturated carbocycles. The van der Waals surface area contributed by atoms with Gasteiger partial charge in [0.15, 0.2) is 0 Å². The molecule has 4 nitrogen and oxygen atoms in total. The summed E-state index contributed by atoms with van der Waals surface area (Å²) < 4.78 is 5.44. The first-order chi connectivity index (χ1) is 7.70. The zero-order chi connectivity index (χ0) is 11.2. The lowest BCUT2D eigenvalue weighted by Gasteiger charge is -2.23. The van der Waals surface area contributed by atoms with Crippen LogP contribution in [-0.2, 0) is 10.2 Å². The molecule has 0 bridgehead atoms. The van der Waals surface area contributed by atoms with E-state index < -0.39 is 0 Å². The van der Waals surface area contributed by atoms with Crippen molar-refractivity contribution in [3.63, 3.8) is 0 Å². The fraction of sp³-hybridized carbons (Fsp3) is 0.455. The van der Waals surface area contributed by atoms with Gasteiger partial charge in [-0.1, -0.05) is 11.3 Å². The van der Waals surface area contributed by atoms with E-state index in [0.717, 1.165) is 15.4 Å². The monoisotopic (exact) mass is 235 g/mol. The summed E-state index contributed by atoms with van der Waals surface area (Å²) in [6, 6.07) is 3.90. The van der Waals surface area contributed by atoms with Gasteiger partial charge in [0, 0.05) is 12.2 Å². The lowest BCUT2D eigenvalue weighted by Crippen LogP contribution is -2.41. The number of hydrogen-bond donors (Lipinski definition) is 1. The summed E-state index contributed by atoms with van der Waals surface area (Å²) in [5, 5.41) is 1.03. The first kappa shape index (κ1) is 10.1. The third-order valence-electron chi connectivity index (χ3n) is 3.17. The Morgan fingerprint density at radius 2 is 2.50 bits per heavy atom. The molecule has 2 aromatic heterocycles. The Kier molecular flexibility index (Phi) is 2.20. The van der Waals surface area contributed by atoms with E-state index in [0.29, 0.717) is 13.2 Å². The van der Waals surface area contributed by atoms with Crippen LogP contribution in [0.4, 0.5) is 0 Å². The van der Waals surface area contributed by atoms with Gasteiger partial charge in [-0.05, 0) is 19.1 Å². The minimum atomic E-state index is -0.161. The van der Waals surface area contributed by atoms with Crippen LogP contribution in [0.25, 0.3) is 10.3 Å². The van der Waals surface area contributed by atoms with Crippen molar-refractivity contribution in [3.8, 4) is 0 Å². The number of nitrogens with zero attached hydrogens (tertiary/aromatic N) is 2. The molecule has 5 heteroatoms. The quantitative estimate of drug-likeness (QED) is 0.809. The minimum absolute atomic E-state index is 0.0214. The van der Waals surface area contributed by atoms with E-state index in [1.165, 1.54) is 0 Å². The maximum atomic E-state index is 6.09. The molecule has 84 valence electrons. The number of hydrogen-bond acceptors (Lipinski definition) is 5. The predicted molar refractivity (Wildman–Crippen MR) is 63.6 cm³/mol. The molecular formula is C11H13N3OS. The van der Waals surface area contributed by atoms with E-state index in [-0.39, 0.29) is 11.5 Å². The van der Waals surface area contributed by atoms with Gasteiger partial charge in [-0.25, -0.2) is 9.97 Å². The van der Waals surface area contributed by atoms with E-state index in [2.05, 4.69) is 16.9 Å². The molecule has 1 aliphatic rings. The maximum absolute atomic E-state index is 6.09. The van der Waals surface area contributed by atoms with Crippen LogP contribution in [0.3, 0.4) is 0 Å². The average Bonchev–Trinajstić information content (AvgIpc) is 2.84. The molecule has 0 spiro atoms. The summed E-state index contributed by atoms with van der Waals surface area (Å²) in [4.78, 5) is 9.89. The van der Waals surface area contributed by atoms with Crippen molar-refractivity contribution in [2.45, 2.75) is 18.4 Å². The van der Waals surface area contributed by atoms with Gasteiger partial charge < -0.3 is 10.5 Å². The van der Waals surface area contributed by atoms with Crippen molar-refractivity contribution >= 4 is 21.7 Å². The van der Waals surface area contributed by atoms with Crippen molar-refractivity contribution < 1.29 is 4.74 Å². The van der Waals surface area contributed by atoms with Crippen molar-refractivity contribution in [1.82, 2.24) is 9.97 Å². The van der Waals surface area contributed by atoms with Crippen LogP contribution in [0, 0.1) is 0 Å². The zero-order valence-electron chi connectivity index (χ0n) is 9.01. The third-order valence-corrected chi connectivity index (χ3v) is 4.43. The van der Waals surface area contributed by atoms with E-state index >= 15 is 0 Å². The molecule has 0 radical (unpaired) electrons. The molecule has 2 unspecified atom stereocenters. The van der Waals surface area contributed by atoms with E-state index in [9.17, 15) is 0 Å². The highest BCUT2D eigenvalue weighted by Crippen LogP contribution is 2.36. The fourth-order valence-electron chi connectivity index (χ4n) is 1.92. The molecule has 1 aliphatic heterocycles. The Morgan fingerprint density at radius 3 is 3.19 bits per heavy atom. The molecule has 0 amide bonds. The molecule has 2 aromatic rings. The summed E-state index contributed by atoms with van der Waals surface area (Å²) in [5.41, 5.74) is 6.87. The molecule has 1 saturated heterocycles. The number of nitrogens with two attached hydrogens (primary N) is 1. The largest absolute Gasteiger partial charge is 0.379 e. The molecule has 2 atom stereocenters. The Hall–Kier alpha value is -1.04. The van der Waals surface area contributed by atoms with Crippen molar-refractivity contribution in [1.29, 1.82) is 0 Å². The second kappa shape index (κ2) is 3.48. The van der Waals surface area contributed by atoms with Gasteiger partial charge in [-0.15, -0.1) is 0 Å². The average molecular weight is 235 g/mol. The van der Waals surface area contributed by atoms with Crippen LogP contribution in [0.5, 0.6) is 0 Å². The number of rotatable bonds is 1. The maximum Gasteiger partial charge on any atom is 0.143 e. The minimum Gasteiger partial charge on any atom is -0.379 e. The summed E-state index contributed by atoms with van der Waals surface area (Å²) in [5.74, 6) is 0. The Morgan fingerprint density at radius 1 is 1.62 bits per heavy atom. The highest BCUT2D eigenvalue weighted by atomic mass is 32.1. The van der Waals surface area contributed by atoms with Crippen LogP contribution in [0.15, 0.2) is 18.3 Å². The van der Waals surface area contributed by atoms with E-state index in [1.54, 1.807) is 17.5 Å². The normalized spacial score (nSPS) is 30.0. The molecular weight excluding hydrogens is 222 g/mol. The number of thiazole rings is 1. The highest BCUT2D eigenvalue weighted by molar-refractivity contribution is 7.18. The number of pyridine rings is 1. The SMILES string of the molecule is CC1(c2nc3cccnc3s2)COCC1N. The summed E-state index contributed by atoms with van der Waals surface area (Å²) in [6.45, 7) is 3.37. The van der Waals surface area contributed by atoms with E-state index in [1.807, 2.05) is 12.1 Å². The smallest absolute Gasteiger partial charge is 0.143 e. The summed E-state index contributed by atoms with van der Waals surface area (Å²) in [7, 11) is 0. The van der Waals surface area contributed by atoms with Gasteiger partial charge in [0.05, 0.1) is 18.6 Å². The Balaban J connectivity index is 2.12. The van der Waals surface area contributed by atoms with Crippen LogP contribution in [0.2, 0.25) is 0 Å². The van der Waals surface area contributed by atoms with Gasteiger partial charge in [0.1, 0.15) is 15.4 Å². The van der Waals surface area contributed by atoms with Crippen molar-refractivity contribution in [3.05, 3.63) is 23.3 Å². The van der Waals surface area contributed by atoms with Crippen molar-refractivity contribution in [2.75, 3.05) is 13.2 Å². The number of fused-ring (bicyclic) bond motifs is 1. The van der Waals surface area contributed by atoms with Gasteiger partial charge >= 0.3 is 0 Å². The molecule has 2 N–H and O–H groups in total. The Labute approximate surface area is 97.5 Å². The fourth-order valence-corrected chi connectivity index (χ4v) is 3.03. The Bertz CT molecular complexity index is 494. The van der Waals surface area contributed by atoms with Crippen LogP contribution in [0.1, 0.15) is 11.9 Å². The third kappa shape index (κ3) is 1.36. The summed E-state index contributed by atoms with van der Waals surface area (Å²) in [6.07, 6.45) is 1.79. The number of aromatic nitrogens is 2. The lowest BCUT2D eigenvalue weighted by molar-refractivity contribution is 0.180. The second-order valence-corrected chi connectivity index (χ2v) is 5.36. The molecule has 0 aliphatic carbocycles. The summed E-state index contributed by atoms with van der Waals surface area (Å²) >= 11 is 1.61.